The first-order chi connectivity index (χ1) is 9.99. The Kier molecular flexibility index (Phi) is 4.33. The van der Waals surface area contributed by atoms with E-state index >= 15 is 0 Å². The second-order valence-corrected chi connectivity index (χ2v) is 4.72. The molecule has 1 aromatic heterocycles. The molecule has 5 nitrogen and oxygen atoms in total. The lowest BCUT2D eigenvalue weighted by atomic mass is 10.1. The number of nitrogens with zero attached hydrogens (tertiary/aromatic N) is 1. The third-order valence-electron chi connectivity index (χ3n) is 3.00. The van der Waals surface area contributed by atoms with Crippen LogP contribution in [0.1, 0.15) is 17.3 Å². The number of carbonyl (C=O) groups excluding carboxylic acids is 1. The largest absolute Gasteiger partial charge is 0.497 e. The molecule has 0 fully saturated rings. The van der Waals surface area contributed by atoms with Crippen LogP contribution < -0.4 is 9.30 Å². The Morgan fingerprint density at radius 2 is 1.81 bits per heavy atom. The van der Waals surface area contributed by atoms with E-state index in [0.717, 1.165) is 16.9 Å². The van der Waals surface area contributed by atoms with Crippen LogP contribution in [0.5, 0.6) is 5.75 Å². The number of carbonyl (C=O) groups is 2. The lowest BCUT2D eigenvalue weighted by molar-refractivity contribution is -0.683. The predicted octanol–water partition coefficient (Wildman–Crippen LogP) is 1.94. The van der Waals surface area contributed by atoms with E-state index in [-0.39, 0.29) is 17.9 Å². The van der Waals surface area contributed by atoms with Crippen LogP contribution in [0.15, 0.2) is 42.7 Å². The van der Waals surface area contributed by atoms with Crippen molar-refractivity contribution in [3.8, 4) is 16.9 Å². The quantitative estimate of drug-likeness (QED) is 0.853. The van der Waals surface area contributed by atoms with Gasteiger partial charge in [0.25, 0.3) is 0 Å². The number of ether oxygens (including phenoxy) is 1. The van der Waals surface area contributed by atoms with Crippen LogP contribution in [-0.4, -0.2) is 24.0 Å². The number of ketones is 1. The zero-order valence-corrected chi connectivity index (χ0v) is 11.9. The van der Waals surface area contributed by atoms with E-state index in [0.29, 0.717) is 0 Å². The summed E-state index contributed by atoms with van der Waals surface area (Å²) in [6.45, 7) is 1.61. The summed E-state index contributed by atoms with van der Waals surface area (Å²) in [4.78, 5) is 22.4. The van der Waals surface area contributed by atoms with Crippen LogP contribution in [0.2, 0.25) is 0 Å². The van der Waals surface area contributed by atoms with Crippen molar-refractivity contribution < 1.29 is 24.0 Å². The highest BCUT2D eigenvalue weighted by molar-refractivity contribution is 5.88. The number of aromatic carboxylic acids is 1. The van der Waals surface area contributed by atoms with Crippen molar-refractivity contribution in [1.29, 1.82) is 0 Å². The molecule has 0 radical (unpaired) electrons. The van der Waals surface area contributed by atoms with Crippen LogP contribution in [0.3, 0.4) is 0 Å². The Morgan fingerprint density at radius 1 is 1.14 bits per heavy atom. The minimum atomic E-state index is -1.03. The molecule has 0 saturated carbocycles. The Morgan fingerprint density at radius 3 is 2.33 bits per heavy atom. The number of carboxylic acids is 1. The monoisotopic (exact) mass is 286 g/mol. The maximum atomic E-state index is 11.2. The van der Waals surface area contributed by atoms with Crippen molar-refractivity contribution in [2.75, 3.05) is 7.11 Å². The number of benzene rings is 1. The highest BCUT2D eigenvalue weighted by Gasteiger charge is 2.15. The molecule has 108 valence electrons. The van der Waals surface area contributed by atoms with E-state index in [1.165, 1.54) is 13.1 Å². The van der Waals surface area contributed by atoms with Crippen LogP contribution in [0.25, 0.3) is 11.1 Å². The van der Waals surface area contributed by atoms with Gasteiger partial charge in [0, 0.05) is 12.5 Å². The summed E-state index contributed by atoms with van der Waals surface area (Å²) in [5.74, 6) is -0.337. The molecule has 21 heavy (non-hydrogen) atoms. The van der Waals surface area contributed by atoms with Crippen molar-refractivity contribution in [3.05, 3.63) is 48.3 Å². The number of hydrogen-bond donors (Lipinski definition) is 1. The van der Waals surface area contributed by atoms with Gasteiger partial charge in [0.2, 0.25) is 6.54 Å². The molecule has 0 saturated heterocycles. The predicted molar refractivity (Wildman–Crippen MR) is 76.3 cm³/mol. The van der Waals surface area contributed by atoms with Gasteiger partial charge >= 0.3 is 5.97 Å². The summed E-state index contributed by atoms with van der Waals surface area (Å²) < 4.78 is 6.69. The average molecular weight is 286 g/mol. The number of methoxy groups -OCH3 is 1. The molecule has 0 spiro atoms. The molecule has 0 amide bonds. The first-order valence-corrected chi connectivity index (χ1v) is 6.41. The number of rotatable bonds is 5. The smallest absolute Gasteiger partial charge is 0.341 e. The van der Waals surface area contributed by atoms with E-state index in [9.17, 15) is 14.7 Å². The fourth-order valence-corrected chi connectivity index (χ4v) is 2.04. The molecule has 0 aliphatic carbocycles. The zero-order valence-electron chi connectivity index (χ0n) is 11.9. The summed E-state index contributed by atoms with van der Waals surface area (Å²) >= 11 is 0. The lowest BCUT2D eigenvalue weighted by Gasteiger charge is -2.04. The highest BCUT2D eigenvalue weighted by atomic mass is 16.5. The van der Waals surface area contributed by atoms with Gasteiger partial charge in [0.05, 0.1) is 7.11 Å². The third-order valence-corrected chi connectivity index (χ3v) is 3.00. The average Bonchev–Trinajstić information content (AvgIpc) is 2.46. The summed E-state index contributed by atoms with van der Waals surface area (Å²) in [5, 5.41) is 9.18. The zero-order chi connectivity index (χ0) is 15.4. The number of pyridine rings is 1. The van der Waals surface area contributed by atoms with Crippen LogP contribution in [0.4, 0.5) is 0 Å². The first kappa shape index (κ1) is 14.7. The summed E-state index contributed by atoms with van der Waals surface area (Å²) in [6, 6.07) is 8.88. The van der Waals surface area contributed by atoms with Crippen LogP contribution in [0, 0.1) is 0 Å². The normalized spacial score (nSPS) is 10.2. The Hall–Kier alpha value is -2.69. The van der Waals surface area contributed by atoms with Gasteiger partial charge in [-0.15, -0.1) is 0 Å². The van der Waals surface area contributed by atoms with Gasteiger partial charge in [-0.1, -0.05) is 12.1 Å². The fraction of sp³-hybridized carbons (Fsp3) is 0.188. The van der Waals surface area contributed by atoms with Gasteiger partial charge in [-0.2, -0.15) is 4.57 Å². The van der Waals surface area contributed by atoms with Crippen molar-refractivity contribution in [2.24, 2.45) is 0 Å². The van der Waals surface area contributed by atoms with Crippen molar-refractivity contribution in [2.45, 2.75) is 13.5 Å². The number of Topliss-reactive ketones (excluding diaryl/α,β-unsaturated/α-hetero) is 1. The van der Waals surface area contributed by atoms with Gasteiger partial charge in [0.15, 0.2) is 18.2 Å². The maximum absolute atomic E-state index is 11.2. The molecular formula is C16H16NO4+. The molecule has 0 atom stereocenters. The molecule has 2 aromatic rings. The molecule has 1 aromatic carbocycles. The summed E-state index contributed by atoms with van der Waals surface area (Å²) in [6.07, 6.45) is 3.21. The molecule has 0 aliphatic heterocycles. The van der Waals surface area contributed by atoms with E-state index in [2.05, 4.69) is 0 Å². The SMILES string of the molecule is COc1ccc(-c2cc(C(=O)O)c[n+](CC(C)=O)c2)cc1. The Balaban J connectivity index is 2.47. The highest BCUT2D eigenvalue weighted by Crippen LogP contribution is 2.22. The Bertz CT molecular complexity index is 677. The van der Waals surface area contributed by atoms with Crippen molar-refractivity contribution in [1.82, 2.24) is 0 Å². The second kappa shape index (κ2) is 6.17. The topological polar surface area (TPSA) is 67.5 Å². The van der Waals surface area contributed by atoms with Gasteiger partial charge in [-0.3, -0.25) is 4.79 Å². The molecule has 0 bridgehead atoms. The van der Waals surface area contributed by atoms with E-state index in [1.54, 1.807) is 36.1 Å². The maximum Gasteiger partial charge on any atom is 0.341 e. The standard InChI is InChI=1S/C16H15NO4/c1-11(18)8-17-9-13(7-14(10-17)16(19)20)12-3-5-15(21-2)6-4-12/h3-7,9-10H,8H2,1-2H3/p+1. The molecule has 1 N–H and O–H groups in total. The van der Waals surface area contributed by atoms with Crippen LogP contribution >= 0.6 is 0 Å². The van der Waals surface area contributed by atoms with Gasteiger partial charge in [0.1, 0.15) is 11.3 Å². The lowest BCUT2D eigenvalue weighted by Crippen LogP contribution is -2.37. The molecule has 0 aliphatic rings. The summed E-state index contributed by atoms with van der Waals surface area (Å²) in [7, 11) is 1.58. The minimum Gasteiger partial charge on any atom is -0.497 e. The van der Waals surface area contributed by atoms with Crippen LogP contribution in [-0.2, 0) is 11.3 Å². The van der Waals surface area contributed by atoms with E-state index in [1.807, 2.05) is 12.1 Å². The Labute approximate surface area is 122 Å². The first-order valence-electron chi connectivity index (χ1n) is 6.41. The number of carboxylic acid groups (broad SMARTS) is 1. The van der Waals surface area contributed by atoms with Gasteiger partial charge in [-0.25, -0.2) is 4.79 Å². The minimum absolute atomic E-state index is 0.0387. The van der Waals surface area contributed by atoms with Crippen molar-refractivity contribution >= 4 is 11.8 Å². The third kappa shape index (κ3) is 3.66. The number of aromatic nitrogens is 1. The molecule has 0 unspecified atom stereocenters. The van der Waals surface area contributed by atoms with E-state index < -0.39 is 5.97 Å². The molecule has 2 rings (SSSR count). The van der Waals surface area contributed by atoms with Gasteiger partial charge < -0.3 is 9.84 Å². The molecular weight excluding hydrogens is 270 g/mol. The molecule has 1 heterocycles. The van der Waals surface area contributed by atoms with Gasteiger partial charge in [-0.05, 0) is 23.8 Å². The fourth-order valence-electron chi connectivity index (χ4n) is 2.04. The number of hydrogen-bond acceptors (Lipinski definition) is 3. The summed E-state index contributed by atoms with van der Waals surface area (Å²) in [5.41, 5.74) is 1.74. The van der Waals surface area contributed by atoms with E-state index in [4.69, 9.17) is 4.74 Å². The van der Waals surface area contributed by atoms with Crippen molar-refractivity contribution in [3.63, 3.8) is 0 Å². The second-order valence-electron chi connectivity index (χ2n) is 4.72. The molecule has 5 heteroatoms.